The summed E-state index contributed by atoms with van der Waals surface area (Å²) in [4.78, 5) is 26.6. The van der Waals surface area contributed by atoms with Gasteiger partial charge in [-0.15, -0.1) is 5.10 Å². The second-order valence-corrected chi connectivity index (χ2v) is 5.43. The van der Waals surface area contributed by atoms with Crippen LogP contribution in [-0.4, -0.2) is 38.2 Å². The van der Waals surface area contributed by atoms with Crippen LogP contribution in [0.1, 0.15) is 57.0 Å². The molecule has 0 spiro atoms. The van der Waals surface area contributed by atoms with Gasteiger partial charge in [-0.25, -0.2) is 4.98 Å². The molecule has 0 aliphatic rings. The fraction of sp³-hybridized carbons (Fsp3) is 0.667. The fourth-order valence-electron chi connectivity index (χ4n) is 1.46. The van der Waals surface area contributed by atoms with E-state index < -0.39 is 17.9 Å². The van der Waals surface area contributed by atoms with Crippen molar-refractivity contribution >= 4 is 11.9 Å². The molecule has 1 aromatic rings. The van der Waals surface area contributed by atoms with E-state index in [4.69, 9.17) is 5.11 Å². The topological polar surface area (TPSA) is 108 Å². The van der Waals surface area contributed by atoms with Crippen LogP contribution in [0.4, 0.5) is 0 Å². The summed E-state index contributed by atoms with van der Waals surface area (Å²) in [5.41, 5.74) is -0.225. The van der Waals surface area contributed by atoms with Crippen LogP contribution in [0, 0.1) is 0 Å². The van der Waals surface area contributed by atoms with Crippen molar-refractivity contribution in [3.8, 4) is 0 Å². The summed E-state index contributed by atoms with van der Waals surface area (Å²) in [7, 11) is 0. The predicted molar refractivity (Wildman–Crippen MR) is 68.9 cm³/mol. The lowest BCUT2D eigenvalue weighted by atomic mass is 9.96. The number of nitrogens with one attached hydrogen (secondary N) is 2. The Morgan fingerprint density at radius 2 is 2.05 bits per heavy atom. The Hall–Kier alpha value is -1.92. The van der Waals surface area contributed by atoms with Crippen molar-refractivity contribution in [1.82, 2.24) is 20.5 Å². The SMILES string of the molecule is CCC(CC(=O)O)NC(=O)c1n[nH]c(C(C)(C)C)n1. The number of aliphatic carboxylic acids is 1. The number of aromatic amines is 1. The summed E-state index contributed by atoms with van der Waals surface area (Å²) in [5, 5.41) is 17.9. The number of carbonyl (C=O) groups excluding carboxylic acids is 1. The van der Waals surface area contributed by atoms with Gasteiger partial charge in [-0.05, 0) is 6.42 Å². The number of hydrogen-bond donors (Lipinski definition) is 3. The molecule has 106 valence electrons. The number of amides is 1. The standard InChI is InChI=1S/C12H20N4O3/c1-5-7(6-8(17)18)13-10(19)9-14-11(16-15-9)12(2,3)4/h7H,5-6H2,1-4H3,(H,13,19)(H,17,18)(H,14,15,16). The quantitative estimate of drug-likeness (QED) is 0.740. The second-order valence-electron chi connectivity index (χ2n) is 5.43. The van der Waals surface area contributed by atoms with Gasteiger partial charge in [0, 0.05) is 11.5 Å². The zero-order valence-corrected chi connectivity index (χ0v) is 11.6. The minimum atomic E-state index is -0.947. The van der Waals surface area contributed by atoms with Crippen LogP contribution in [0.2, 0.25) is 0 Å². The second kappa shape index (κ2) is 5.81. The fourth-order valence-corrected chi connectivity index (χ4v) is 1.46. The van der Waals surface area contributed by atoms with Crippen molar-refractivity contribution in [3.63, 3.8) is 0 Å². The van der Waals surface area contributed by atoms with E-state index in [1.165, 1.54) is 0 Å². The van der Waals surface area contributed by atoms with Gasteiger partial charge in [0.1, 0.15) is 5.82 Å². The summed E-state index contributed by atoms with van der Waals surface area (Å²) in [6, 6.07) is -0.415. The van der Waals surface area contributed by atoms with Crippen molar-refractivity contribution in [2.24, 2.45) is 0 Å². The zero-order valence-electron chi connectivity index (χ0n) is 11.6. The van der Waals surface area contributed by atoms with Crippen LogP contribution >= 0.6 is 0 Å². The molecule has 19 heavy (non-hydrogen) atoms. The van der Waals surface area contributed by atoms with Gasteiger partial charge in [0.2, 0.25) is 5.82 Å². The highest BCUT2D eigenvalue weighted by atomic mass is 16.4. The molecule has 0 saturated heterocycles. The van der Waals surface area contributed by atoms with E-state index in [0.717, 1.165) is 0 Å². The smallest absolute Gasteiger partial charge is 0.305 e. The normalized spacial score (nSPS) is 13.1. The summed E-state index contributed by atoms with van der Waals surface area (Å²) in [6.45, 7) is 7.67. The van der Waals surface area contributed by atoms with Crippen molar-refractivity contribution in [2.75, 3.05) is 0 Å². The lowest BCUT2D eigenvalue weighted by molar-refractivity contribution is -0.137. The van der Waals surface area contributed by atoms with Crippen LogP contribution < -0.4 is 5.32 Å². The van der Waals surface area contributed by atoms with E-state index in [0.29, 0.717) is 12.2 Å². The Morgan fingerprint density at radius 1 is 1.42 bits per heavy atom. The third-order valence-corrected chi connectivity index (χ3v) is 2.65. The first kappa shape index (κ1) is 15.1. The minimum absolute atomic E-state index is 0.0359. The molecule has 0 aromatic carbocycles. The maximum absolute atomic E-state index is 11.9. The maximum Gasteiger partial charge on any atom is 0.305 e. The van der Waals surface area contributed by atoms with Crippen molar-refractivity contribution < 1.29 is 14.7 Å². The van der Waals surface area contributed by atoms with Crippen molar-refractivity contribution in [3.05, 3.63) is 11.6 Å². The van der Waals surface area contributed by atoms with E-state index in [-0.39, 0.29) is 17.7 Å². The largest absolute Gasteiger partial charge is 0.481 e. The molecular weight excluding hydrogens is 248 g/mol. The molecule has 0 aliphatic carbocycles. The number of aromatic nitrogens is 3. The number of carbonyl (C=O) groups is 2. The average Bonchev–Trinajstić information content (AvgIpc) is 2.76. The predicted octanol–water partition coefficient (Wildman–Crippen LogP) is 1.09. The highest BCUT2D eigenvalue weighted by molar-refractivity contribution is 5.90. The first-order chi connectivity index (χ1) is 8.74. The summed E-state index contributed by atoms with van der Waals surface area (Å²) < 4.78 is 0. The Bertz CT molecular complexity index is 462. The van der Waals surface area contributed by atoms with Gasteiger partial charge in [-0.1, -0.05) is 27.7 Å². The van der Waals surface area contributed by atoms with Crippen LogP contribution in [0.5, 0.6) is 0 Å². The Labute approximate surface area is 111 Å². The molecule has 1 unspecified atom stereocenters. The number of carboxylic acids is 1. The Kier molecular flexibility index (Phi) is 4.63. The van der Waals surface area contributed by atoms with Gasteiger partial charge < -0.3 is 10.4 Å². The highest BCUT2D eigenvalue weighted by Crippen LogP contribution is 2.17. The Morgan fingerprint density at radius 3 is 2.47 bits per heavy atom. The molecule has 0 bridgehead atoms. The molecule has 1 aromatic heterocycles. The van der Waals surface area contributed by atoms with Crippen LogP contribution in [-0.2, 0) is 10.2 Å². The molecule has 1 heterocycles. The van der Waals surface area contributed by atoms with E-state index in [2.05, 4.69) is 20.5 Å². The van der Waals surface area contributed by atoms with Gasteiger partial charge in [-0.3, -0.25) is 14.7 Å². The molecule has 0 saturated carbocycles. The first-order valence-electron chi connectivity index (χ1n) is 6.19. The lowest BCUT2D eigenvalue weighted by Gasteiger charge is -2.14. The van der Waals surface area contributed by atoms with Crippen LogP contribution in [0.25, 0.3) is 0 Å². The molecule has 0 aliphatic heterocycles. The first-order valence-corrected chi connectivity index (χ1v) is 6.19. The van der Waals surface area contributed by atoms with Crippen molar-refractivity contribution in [1.29, 1.82) is 0 Å². The average molecular weight is 268 g/mol. The third kappa shape index (κ3) is 4.35. The zero-order chi connectivity index (χ0) is 14.6. The molecular formula is C12H20N4O3. The Balaban J connectivity index is 2.72. The summed E-state index contributed by atoms with van der Waals surface area (Å²) >= 11 is 0. The molecule has 1 atom stereocenters. The third-order valence-electron chi connectivity index (χ3n) is 2.65. The molecule has 7 heteroatoms. The van der Waals surface area contributed by atoms with Crippen molar-refractivity contribution in [2.45, 2.75) is 52.0 Å². The number of rotatable bonds is 5. The number of hydrogen-bond acceptors (Lipinski definition) is 4. The van der Waals surface area contributed by atoms with E-state index in [1.54, 1.807) is 0 Å². The maximum atomic E-state index is 11.9. The van der Waals surface area contributed by atoms with Gasteiger partial charge in [0.05, 0.1) is 6.42 Å². The number of H-pyrrole nitrogens is 1. The summed E-state index contributed by atoms with van der Waals surface area (Å²) in [6.07, 6.45) is 0.424. The van der Waals surface area contributed by atoms with Gasteiger partial charge in [-0.2, -0.15) is 0 Å². The van der Waals surface area contributed by atoms with Crippen LogP contribution in [0.15, 0.2) is 0 Å². The molecule has 1 amide bonds. The van der Waals surface area contributed by atoms with E-state index >= 15 is 0 Å². The lowest BCUT2D eigenvalue weighted by Crippen LogP contribution is -2.36. The molecule has 0 fully saturated rings. The van der Waals surface area contributed by atoms with E-state index in [1.807, 2.05) is 27.7 Å². The summed E-state index contributed by atoms with van der Waals surface area (Å²) in [5.74, 6) is -0.755. The molecule has 3 N–H and O–H groups in total. The van der Waals surface area contributed by atoms with E-state index in [9.17, 15) is 9.59 Å². The number of nitrogens with zero attached hydrogens (tertiary/aromatic N) is 2. The van der Waals surface area contributed by atoms with Gasteiger partial charge >= 0.3 is 5.97 Å². The van der Waals surface area contributed by atoms with Gasteiger partial charge in [0.15, 0.2) is 0 Å². The highest BCUT2D eigenvalue weighted by Gasteiger charge is 2.22. The molecule has 7 nitrogen and oxygen atoms in total. The molecule has 0 radical (unpaired) electrons. The minimum Gasteiger partial charge on any atom is -0.481 e. The number of carboxylic acid groups (broad SMARTS) is 1. The van der Waals surface area contributed by atoms with Gasteiger partial charge in [0.25, 0.3) is 5.91 Å². The molecule has 1 rings (SSSR count). The monoisotopic (exact) mass is 268 g/mol. The van der Waals surface area contributed by atoms with Crippen LogP contribution in [0.3, 0.4) is 0 Å².